The summed E-state index contributed by atoms with van der Waals surface area (Å²) in [5.74, 6) is 6.66. The van der Waals surface area contributed by atoms with Gasteiger partial charge in [0.1, 0.15) is 0 Å². The predicted molar refractivity (Wildman–Crippen MR) is 512 cm³/mol. The third-order valence-electron chi connectivity index (χ3n) is 25.2. The Morgan fingerprint density at radius 2 is 0.446 bits per heavy atom. The Balaban J connectivity index is 0.0000109. The summed E-state index contributed by atoms with van der Waals surface area (Å²) in [6.07, 6.45) is 23.1. The van der Waals surface area contributed by atoms with Gasteiger partial charge in [-0.25, -0.2) is 9.97 Å². The largest absolute Gasteiger partial charge is 2.00 e. The van der Waals surface area contributed by atoms with E-state index in [4.69, 9.17) is 39.9 Å². The number of fused-ring (bicyclic) bond motifs is 28. The molecule has 0 atom stereocenters. The van der Waals surface area contributed by atoms with E-state index in [-0.39, 0.29) is 16.8 Å². The van der Waals surface area contributed by atoms with E-state index < -0.39 is 0 Å². The van der Waals surface area contributed by atoms with Crippen LogP contribution in [0.3, 0.4) is 0 Å². The fourth-order valence-electron chi connectivity index (χ4n) is 19.2. The first-order chi connectivity index (χ1) is 58.1. The maximum Gasteiger partial charge on any atom is 2.00 e. The van der Waals surface area contributed by atoms with Gasteiger partial charge >= 0.3 is 16.8 Å². The molecule has 8 aromatic carbocycles. The second kappa shape index (κ2) is 37.6. The van der Waals surface area contributed by atoms with Crippen LogP contribution in [-0.4, -0.2) is 29.9 Å². The summed E-state index contributed by atoms with van der Waals surface area (Å²) in [6, 6.07) is 35.7. The molecule has 121 heavy (non-hydrogen) atoms. The summed E-state index contributed by atoms with van der Waals surface area (Å²) >= 11 is 7.68. The van der Waals surface area contributed by atoms with Crippen molar-refractivity contribution in [1.82, 2.24) is 39.9 Å². The summed E-state index contributed by atoms with van der Waals surface area (Å²) in [4.78, 5) is 60.4. The van der Waals surface area contributed by atoms with Crippen LogP contribution in [0.25, 0.3) is 89.7 Å². The van der Waals surface area contributed by atoms with Gasteiger partial charge < -0.3 is 51.2 Å². The Labute approximate surface area is 747 Å². The standard InChI is InChI=1S/C104H124N12S4.Co/c1-57(2)33-25-41-65-81-85(69(45-29-37-61(9)10)93-89(65)105-73-49-17-21-53-77(73)117-93)101-109-97(81)113-102-86-70(46-30-38-62(11)12)94-90(106-74-50-18-22-54-78(74)118-94)66(42-26-34-58(3)4)82(86)99(110-102)115-104-88-72(48-32-40-64(15)16)96-92(108-76-52-20-24-56-80(76)120-96)68(44-28-36-60(7)8)84(88)100(112-104)116-103-87-71(47-31-39-63(13)14)95-91(107-75-51-19-23-55-79(75)119-95)67(43-27-35-59(5)6)83(87)98(111-103)114-101;/h17-24,49-64,105-108H,25-48H2,1-16H3;/q-2;+2. The van der Waals surface area contributed by atoms with Gasteiger partial charge in [0.2, 0.25) is 0 Å². The van der Waals surface area contributed by atoms with E-state index in [9.17, 15) is 0 Å². The molecule has 17 rings (SSSR count). The zero-order valence-corrected chi connectivity index (χ0v) is 78.7. The smallest absolute Gasteiger partial charge is 0.357 e. The Bertz CT molecular complexity index is 5210. The molecule has 11 aromatic rings. The quantitative estimate of drug-likeness (QED) is 0.0316. The zero-order chi connectivity index (χ0) is 83.3. The second-order valence-electron chi connectivity index (χ2n) is 38.3. The molecule has 12 nitrogen and oxygen atoms in total. The summed E-state index contributed by atoms with van der Waals surface area (Å²) < 4.78 is 0. The molecule has 9 heterocycles. The van der Waals surface area contributed by atoms with Gasteiger partial charge in [-0.3, -0.25) is 0 Å². The van der Waals surface area contributed by atoms with E-state index in [1.165, 1.54) is 106 Å². The Kier molecular flexibility index (Phi) is 26.9. The molecule has 0 saturated heterocycles. The van der Waals surface area contributed by atoms with Crippen molar-refractivity contribution in [3.63, 3.8) is 0 Å². The van der Waals surface area contributed by atoms with Crippen molar-refractivity contribution in [3.8, 4) is 45.6 Å². The summed E-state index contributed by atoms with van der Waals surface area (Å²) in [7, 11) is 0. The molecule has 6 aliphatic rings. The number of aromatic nitrogens is 8. The van der Waals surface area contributed by atoms with Gasteiger partial charge in [-0.05, 0) is 254 Å². The number of para-hydroxylation sites is 4. The van der Waals surface area contributed by atoms with Crippen molar-refractivity contribution in [2.45, 2.75) is 304 Å². The Morgan fingerprint density at radius 3 is 0.702 bits per heavy atom. The minimum absolute atomic E-state index is 0. The minimum Gasteiger partial charge on any atom is -0.357 e. The first kappa shape index (κ1) is 86.7. The number of benzene rings is 8. The molecule has 8 bridgehead atoms. The number of nitrogens with one attached hydrogen (secondary N) is 4. The van der Waals surface area contributed by atoms with Crippen LogP contribution in [-0.2, 0) is 68.1 Å². The van der Waals surface area contributed by atoms with Crippen LogP contribution in [0.5, 0.6) is 0 Å². The SMILES string of the molecule is CC(C)CCCc1c2c(c(CCCC(C)C)c3c1-c1nc-3nc3[n-]c(nc4nc(nc5[n-]c(n1)c1c(CCCC(C)C)c6c(c(CCCC(C)C)c51)Nc1ccccc1S6)-c1c(CCCC(C)C)c5c(c(CCCC(C)C)c1-4)Nc1ccccc1S5)c1c(CCCC(C)C)c4c(c(CCCC(C)C)c31)Nc1ccccc1S4)Sc1ccccc1N2.[Co+2]. The van der Waals surface area contributed by atoms with Gasteiger partial charge in [0.15, 0.2) is 0 Å². The van der Waals surface area contributed by atoms with E-state index >= 15 is 0 Å². The fourth-order valence-corrected chi connectivity index (χ4v) is 24.0. The predicted octanol–water partition coefficient (Wildman–Crippen LogP) is 30.8. The molecule has 17 heteroatoms. The average Bonchev–Trinajstić information content (AvgIpc) is 1.57. The second-order valence-corrected chi connectivity index (χ2v) is 42.5. The third-order valence-corrected chi connectivity index (χ3v) is 30.1. The fraction of sp³-hybridized carbons (Fsp3) is 0.462. The Hall–Kier alpha value is -7.77. The molecule has 0 spiro atoms. The van der Waals surface area contributed by atoms with Crippen molar-refractivity contribution in [2.24, 2.45) is 47.3 Å². The maximum atomic E-state index is 6.39. The Morgan fingerprint density at radius 1 is 0.248 bits per heavy atom. The van der Waals surface area contributed by atoms with Crippen molar-refractivity contribution in [3.05, 3.63) is 142 Å². The number of aryl methyl sites for hydroxylation is 4. The van der Waals surface area contributed by atoms with E-state index in [1.807, 2.05) is 47.0 Å². The van der Waals surface area contributed by atoms with Crippen LogP contribution in [0, 0.1) is 47.3 Å². The summed E-state index contributed by atoms with van der Waals surface area (Å²) in [6.45, 7) is 37.9. The van der Waals surface area contributed by atoms with Crippen LogP contribution in [0.2, 0.25) is 0 Å². The normalized spacial score (nSPS) is 13.4. The molecule has 0 aliphatic carbocycles. The number of rotatable bonds is 32. The van der Waals surface area contributed by atoms with Crippen LogP contribution >= 0.6 is 47.0 Å². The van der Waals surface area contributed by atoms with E-state index in [1.54, 1.807) is 0 Å². The molecular formula is C104H124CoN12S4. The molecule has 0 amide bonds. The molecule has 0 unspecified atom stereocenters. The number of anilines is 8. The van der Waals surface area contributed by atoms with Gasteiger partial charge in [0.05, 0.1) is 68.8 Å². The van der Waals surface area contributed by atoms with Gasteiger partial charge in [0.25, 0.3) is 0 Å². The van der Waals surface area contributed by atoms with Gasteiger partial charge in [-0.1, -0.05) is 258 Å². The minimum atomic E-state index is 0. The molecular weight excluding hydrogens is 1600 g/mol. The number of nitrogens with zero attached hydrogens (tertiary/aromatic N) is 8. The van der Waals surface area contributed by atoms with E-state index in [0.717, 1.165) is 221 Å². The van der Waals surface area contributed by atoms with Crippen molar-refractivity contribution < 1.29 is 16.8 Å². The third kappa shape index (κ3) is 17.9. The van der Waals surface area contributed by atoms with E-state index in [2.05, 4.69) is 229 Å². The van der Waals surface area contributed by atoms with Crippen LogP contribution in [0.1, 0.15) is 258 Å². The molecule has 1 radical (unpaired) electrons. The molecule has 633 valence electrons. The topological polar surface area (TPSA) is 154 Å². The van der Waals surface area contributed by atoms with Crippen LogP contribution in [0.4, 0.5) is 45.5 Å². The van der Waals surface area contributed by atoms with Crippen molar-refractivity contribution in [2.75, 3.05) is 21.3 Å². The first-order valence-corrected chi connectivity index (χ1v) is 49.1. The first-order valence-electron chi connectivity index (χ1n) is 45.9. The molecule has 0 saturated carbocycles. The van der Waals surface area contributed by atoms with Gasteiger partial charge in [-0.15, -0.1) is 0 Å². The summed E-state index contributed by atoms with van der Waals surface area (Å²) in [5, 5.41) is 21.1. The van der Waals surface area contributed by atoms with Gasteiger partial charge in [-0.2, -0.15) is 0 Å². The average molecular weight is 1730 g/mol. The summed E-state index contributed by atoms with van der Waals surface area (Å²) in [5.41, 5.74) is 26.1. The van der Waals surface area contributed by atoms with Gasteiger partial charge in [0, 0.05) is 94.8 Å². The molecule has 6 aliphatic heterocycles. The monoisotopic (exact) mass is 1730 g/mol. The molecule has 0 fully saturated rings. The van der Waals surface area contributed by atoms with Crippen LogP contribution < -0.4 is 31.2 Å². The number of hydrogen-bond acceptors (Lipinski definition) is 14. The van der Waals surface area contributed by atoms with Crippen LogP contribution in [0.15, 0.2) is 136 Å². The zero-order valence-electron chi connectivity index (χ0n) is 74.4. The van der Waals surface area contributed by atoms with E-state index in [0.29, 0.717) is 93.2 Å². The molecule has 3 aromatic heterocycles. The number of hydrogen-bond donors (Lipinski definition) is 4. The molecule has 4 N–H and O–H groups in total. The van der Waals surface area contributed by atoms with Crippen molar-refractivity contribution in [1.29, 1.82) is 0 Å². The maximum absolute atomic E-state index is 6.39. The van der Waals surface area contributed by atoms with Crippen molar-refractivity contribution >= 4 is 137 Å².